The van der Waals surface area contributed by atoms with Crippen molar-refractivity contribution in [2.75, 3.05) is 6.54 Å². The molecular weight excluding hydrogens is 240 g/mol. The fraction of sp³-hybridized carbons (Fsp3) is 0.800. The third-order valence-corrected chi connectivity index (χ3v) is 5.44. The molecule has 0 aromatic carbocycles. The number of thiazole rings is 1. The summed E-state index contributed by atoms with van der Waals surface area (Å²) >= 11 is 1.97. The van der Waals surface area contributed by atoms with E-state index in [-0.39, 0.29) is 5.54 Å². The van der Waals surface area contributed by atoms with Gasteiger partial charge in [-0.25, -0.2) is 4.98 Å². The first-order chi connectivity index (χ1) is 8.75. The number of hydrogen-bond donors (Lipinski definition) is 1. The van der Waals surface area contributed by atoms with Gasteiger partial charge in [0, 0.05) is 4.88 Å². The van der Waals surface area contributed by atoms with Gasteiger partial charge in [-0.15, -0.1) is 11.3 Å². The van der Waals surface area contributed by atoms with E-state index in [1.807, 2.05) is 11.3 Å². The molecule has 0 saturated heterocycles. The maximum Gasteiger partial charge on any atom is 0.113 e. The molecule has 0 fully saturated rings. The number of fused-ring (bicyclic) bond motifs is 1. The van der Waals surface area contributed by atoms with Crippen LogP contribution in [0.15, 0.2) is 0 Å². The van der Waals surface area contributed by atoms with Crippen molar-refractivity contribution in [3.8, 4) is 0 Å². The van der Waals surface area contributed by atoms with E-state index >= 15 is 0 Å². The van der Waals surface area contributed by atoms with E-state index in [2.05, 4.69) is 26.1 Å². The summed E-state index contributed by atoms with van der Waals surface area (Å²) in [6.45, 7) is 7.80. The molecule has 1 N–H and O–H groups in total. The molecule has 102 valence electrons. The summed E-state index contributed by atoms with van der Waals surface area (Å²) in [5.41, 5.74) is 1.53. The first-order valence-electron chi connectivity index (χ1n) is 7.49. The maximum atomic E-state index is 4.96. The van der Waals surface area contributed by atoms with Gasteiger partial charge in [0.05, 0.1) is 11.2 Å². The van der Waals surface area contributed by atoms with Crippen molar-refractivity contribution in [2.45, 2.75) is 71.3 Å². The van der Waals surface area contributed by atoms with Crippen molar-refractivity contribution >= 4 is 11.3 Å². The van der Waals surface area contributed by atoms with Crippen molar-refractivity contribution < 1.29 is 0 Å². The zero-order valence-corrected chi connectivity index (χ0v) is 12.8. The topological polar surface area (TPSA) is 24.9 Å². The summed E-state index contributed by atoms with van der Waals surface area (Å²) in [6, 6.07) is 0. The quantitative estimate of drug-likeness (QED) is 0.805. The van der Waals surface area contributed by atoms with Gasteiger partial charge in [0.2, 0.25) is 0 Å². The highest BCUT2D eigenvalue weighted by molar-refractivity contribution is 7.12. The molecule has 0 saturated carbocycles. The first-order valence-corrected chi connectivity index (χ1v) is 8.31. The van der Waals surface area contributed by atoms with Gasteiger partial charge in [-0.05, 0) is 38.6 Å². The van der Waals surface area contributed by atoms with Crippen LogP contribution in [0, 0.1) is 0 Å². The van der Waals surface area contributed by atoms with Gasteiger partial charge < -0.3 is 5.32 Å². The van der Waals surface area contributed by atoms with E-state index in [1.165, 1.54) is 49.2 Å². The predicted octanol–water partition coefficient (Wildman–Crippen LogP) is 4.04. The Morgan fingerprint density at radius 3 is 2.72 bits per heavy atom. The van der Waals surface area contributed by atoms with Crippen LogP contribution in [0.1, 0.15) is 68.5 Å². The third-order valence-electron chi connectivity index (χ3n) is 4.08. The van der Waals surface area contributed by atoms with Crippen molar-refractivity contribution in [1.29, 1.82) is 0 Å². The smallest absolute Gasteiger partial charge is 0.113 e. The lowest BCUT2D eigenvalue weighted by Gasteiger charge is -2.32. The number of nitrogens with zero attached hydrogens (tertiary/aromatic N) is 1. The Balaban J connectivity index is 2.25. The molecule has 0 bridgehead atoms. The number of unbranched alkanes of at least 4 members (excludes halogenated alkanes) is 1. The lowest BCUT2D eigenvalue weighted by Crippen LogP contribution is -2.41. The third kappa shape index (κ3) is 2.62. The summed E-state index contributed by atoms with van der Waals surface area (Å²) < 4.78 is 0. The Labute approximate surface area is 115 Å². The molecule has 0 aliphatic heterocycles. The molecule has 18 heavy (non-hydrogen) atoms. The number of aromatic nitrogens is 1. The Bertz CT molecular complexity index is 364. The average molecular weight is 266 g/mol. The molecule has 0 amide bonds. The van der Waals surface area contributed by atoms with Gasteiger partial charge in [0.1, 0.15) is 5.01 Å². The van der Waals surface area contributed by atoms with Crippen LogP contribution in [-0.2, 0) is 18.4 Å². The summed E-state index contributed by atoms with van der Waals surface area (Å²) in [5, 5.41) is 5.09. The zero-order valence-electron chi connectivity index (χ0n) is 12.0. The highest BCUT2D eigenvalue weighted by Gasteiger charge is 2.33. The number of aryl methyl sites for hydroxylation is 2. The summed E-state index contributed by atoms with van der Waals surface area (Å²) in [7, 11) is 0. The minimum absolute atomic E-state index is 0.139. The van der Waals surface area contributed by atoms with E-state index in [1.54, 1.807) is 4.88 Å². The summed E-state index contributed by atoms with van der Waals surface area (Å²) in [5.74, 6) is 0. The largest absolute Gasteiger partial charge is 0.306 e. The van der Waals surface area contributed by atoms with Crippen LogP contribution in [0.4, 0.5) is 0 Å². The SMILES string of the molecule is CCCCC(CC)(NCC)c1nc2c(s1)CCC2. The average Bonchev–Trinajstić information content (AvgIpc) is 2.95. The van der Waals surface area contributed by atoms with Gasteiger partial charge in [-0.2, -0.15) is 0 Å². The molecule has 1 heterocycles. The Morgan fingerprint density at radius 1 is 1.28 bits per heavy atom. The first kappa shape index (κ1) is 14.0. The molecule has 0 spiro atoms. The van der Waals surface area contributed by atoms with Crippen LogP contribution in [0.3, 0.4) is 0 Å². The van der Waals surface area contributed by atoms with Crippen LogP contribution in [-0.4, -0.2) is 11.5 Å². The second kappa shape index (κ2) is 6.16. The van der Waals surface area contributed by atoms with Gasteiger partial charge in [0.15, 0.2) is 0 Å². The van der Waals surface area contributed by atoms with E-state index < -0.39 is 0 Å². The van der Waals surface area contributed by atoms with Crippen molar-refractivity contribution in [3.05, 3.63) is 15.6 Å². The summed E-state index contributed by atoms with van der Waals surface area (Å²) in [6.07, 6.45) is 8.68. The fourth-order valence-electron chi connectivity index (χ4n) is 2.94. The van der Waals surface area contributed by atoms with Crippen LogP contribution >= 0.6 is 11.3 Å². The second-order valence-electron chi connectivity index (χ2n) is 5.31. The molecule has 1 aromatic rings. The van der Waals surface area contributed by atoms with Crippen LogP contribution < -0.4 is 5.32 Å². The number of rotatable bonds is 7. The van der Waals surface area contributed by atoms with Gasteiger partial charge in [-0.3, -0.25) is 0 Å². The number of hydrogen-bond acceptors (Lipinski definition) is 3. The molecule has 1 aliphatic carbocycles. The number of nitrogens with one attached hydrogen (secondary N) is 1. The van der Waals surface area contributed by atoms with Crippen molar-refractivity contribution in [3.63, 3.8) is 0 Å². The maximum absolute atomic E-state index is 4.96. The highest BCUT2D eigenvalue weighted by atomic mass is 32.1. The minimum atomic E-state index is 0.139. The zero-order chi connectivity index (χ0) is 13.0. The van der Waals surface area contributed by atoms with Crippen LogP contribution in [0.5, 0.6) is 0 Å². The summed E-state index contributed by atoms with van der Waals surface area (Å²) in [4.78, 5) is 6.51. The molecular formula is C15H26N2S. The lowest BCUT2D eigenvalue weighted by atomic mass is 9.90. The monoisotopic (exact) mass is 266 g/mol. The van der Waals surface area contributed by atoms with E-state index in [4.69, 9.17) is 4.98 Å². The minimum Gasteiger partial charge on any atom is -0.306 e. The Morgan fingerprint density at radius 2 is 2.11 bits per heavy atom. The van der Waals surface area contributed by atoms with E-state index in [0.29, 0.717) is 0 Å². The molecule has 1 atom stereocenters. The predicted molar refractivity (Wildman–Crippen MR) is 79.3 cm³/mol. The molecule has 2 nitrogen and oxygen atoms in total. The fourth-order valence-corrected chi connectivity index (χ4v) is 4.35. The Hall–Kier alpha value is -0.410. The molecule has 1 aliphatic rings. The van der Waals surface area contributed by atoms with Crippen molar-refractivity contribution in [1.82, 2.24) is 10.3 Å². The van der Waals surface area contributed by atoms with Crippen LogP contribution in [0.2, 0.25) is 0 Å². The van der Waals surface area contributed by atoms with Crippen LogP contribution in [0.25, 0.3) is 0 Å². The highest BCUT2D eigenvalue weighted by Crippen LogP contribution is 2.37. The van der Waals surface area contributed by atoms with Gasteiger partial charge in [0.25, 0.3) is 0 Å². The van der Waals surface area contributed by atoms with Gasteiger partial charge in [-0.1, -0.05) is 33.6 Å². The normalized spacial score (nSPS) is 17.7. The van der Waals surface area contributed by atoms with Crippen molar-refractivity contribution in [2.24, 2.45) is 0 Å². The molecule has 1 aromatic heterocycles. The molecule has 1 unspecified atom stereocenters. The lowest BCUT2D eigenvalue weighted by molar-refractivity contribution is 0.293. The Kier molecular flexibility index (Phi) is 4.79. The molecule has 3 heteroatoms. The second-order valence-corrected chi connectivity index (χ2v) is 6.40. The molecule has 2 rings (SSSR count). The standard InChI is InChI=1S/C15H26N2S/c1-4-7-11-15(5-2,16-6-3)14-17-12-9-8-10-13(12)18-14/h16H,4-11H2,1-3H3. The van der Waals surface area contributed by atoms with Gasteiger partial charge >= 0.3 is 0 Å². The van der Waals surface area contributed by atoms with E-state index in [9.17, 15) is 0 Å². The van der Waals surface area contributed by atoms with E-state index in [0.717, 1.165) is 13.0 Å². The molecule has 0 radical (unpaired) electrons.